The van der Waals surface area contributed by atoms with Gasteiger partial charge in [-0.05, 0) is 32.1 Å². The van der Waals surface area contributed by atoms with Crippen molar-refractivity contribution in [2.45, 2.75) is 89.9 Å². The molecule has 0 aromatic rings. The number of hydrogen-bond donors (Lipinski definition) is 2. The minimum atomic E-state index is -0.885. The summed E-state index contributed by atoms with van der Waals surface area (Å²) in [7, 11) is 0. The molecule has 0 saturated heterocycles. The second kappa shape index (κ2) is 8.37. The molecule has 0 spiro atoms. The van der Waals surface area contributed by atoms with E-state index in [9.17, 15) is 9.59 Å². The van der Waals surface area contributed by atoms with Crippen LogP contribution in [-0.2, 0) is 14.3 Å². The summed E-state index contributed by atoms with van der Waals surface area (Å²) in [5.74, 6) is -1.06. The molecule has 1 saturated carbocycles. The van der Waals surface area contributed by atoms with E-state index in [2.05, 4.69) is 5.32 Å². The molecule has 0 aromatic carbocycles. The van der Waals surface area contributed by atoms with Crippen molar-refractivity contribution in [3.8, 4) is 0 Å². The van der Waals surface area contributed by atoms with Gasteiger partial charge in [-0.15, -0.1) is 0 Å². The van der Waals surface area contributed by atoms with Crippen LogP contribution >= 0.6 is 0 Å². The Morgan fingerprint density at radius 1 is 1.24 bits per heavy atom. The first-order valence-electron chi connectivity index (χ1n) is 8.15. The molecule has 0 radical (unpaired) electrons. The van der Waals surface area contributed by atoms with E-state index in [0.717, 1.165) is 25.7 Å². The van der Waals surface area contributed by atoms with Crippen LogP contribution < -0.4 is 5.32 Å². The maximum atomic E-state index is 12.4. The van der Waals surface area contributed by atoms with E-state index in [1.165, 1.54) is 0 Å². The fourth-order valence-electron chi connectivity index (χ4n) is 2.95. The van der Waals surface area contributed by atoms with E-state index in [-0.39, 0.29) is 18.4 Å². The van der Waals surface area contributed by atoms with Crippen LogP contribution in [0.2, 0.25) is 0 Å². The van der Waals surface area contributed by atoms with Gasteiger partial charge in [-0.1, -0.05) is 33.6 Å². The van der Waals surface area contributed by atoms with Crippen molar-refractivity contribution in [2.24, 2.45) is 0 Å². The molecule has 1 fully saturated rings. The third kappa shape index (κ3) is 5.30. The highest BCUT2D eigenvalue weighted by molar-refractivity contribution is 5.82. The average Bonchev–Trinajstić information content (AvgIpc) is 2.96. The fourth-order valence-corrected chi connectivity index (χ4v) is 2.95. The zero-order chi connectivity index (χ0) is 15.9. The van der Waals surface area contributed by atoms with Gasteiger partial charge in [0.25, 0.3) is 0 Å². The molecule has 1 aliphatic rings. The molecule has 122 valence electrons. The zero-order valence-electron chi connectivity index (χ0n) is 13.5. The quantitative estimate of drug-likeness (QED) is 0.686. The second-order valence-corrected chi connectivity index (χ2v) is 5.99. The van der Waals surface area contributed by atoms with Crippen LogP contribution in [-0.4, -0.2) is 34.7 Å². The van der Waals surface area contributed by atoms with E-state index in [4.69, 9.17) is 9.84 Å². The van der Waals surface area contributed by atoms with Gasteiger partial charge in [0.2, 0.25) is 5.91 Å². The van der Waals surface area contributed by atoms with Gasteiger partial charge in [-0.2, -0.15) is 0 Å². The topological polar surface area (TPSA) is 75.6 Å². The highest BCUT2D eigenvalue weighted by Crippen LogP contribution is 2.24. The molecule has 0 aliphatic heterocycles. The summed E-state index contributed by atoms with van der Waals surface area (Å²) in [6, 6.07) is 0. The summed E-state index contributed by atoms with van der Waals surface area (Å²) >= 11 is 0. The van der Waals surface area contributed by atoms with Crippen molar-refractivity contribution in [3.05, 3.63) is 0 Å². The van der Waals surface area contributed by atoms with Crippen LogP contribution in [0.5, 0.6) is 0 Å². The van der Waals surface area contributed by atoms with Crippen LogP contribution in [0.4, 0.5) is 0 Å². The molecule has 5 heteroatoms. The van der Waals surface area contributed by atoms with Crippen LogP contribution in [0.3, 0.4) is 0 Å². The number of carboxylic acid groups (broad SMARTS) is 1. The Bertz CT molecular complexity index is 346. The lowest BCUT2D eigenvalue weighted by atomic mass is 9.88. The molecule has 0 heterocycles. The normalized spacial score (nSPS) is 17.7. The largest absolute Gasteiger partial charge is 0.481 e. The number of nitrogens with one attached hydrogen (secondary N) is 1. The Morgan fingerprint density at radius 3 is 2.24 bits per heavy atom. The van der Waals surface area contributed by atoms with Crippen molar-refractivity contribution in [2.75, 3.05) is 0 Å². The monoisotopic (exact) mass is 299 g/mol. The van der Waals surface area contributed by atoms with Crippen molar-refractivity contribution in [1.82, 2.24) is 5.32 Å². The number of ether oxygens (including phenoxy) is 1. The number of carbonyl (C=O) groups excluding carboxylic acids is 1. The van der Waals surface area contributed by atoms with Gasteiger partial charge in [-0.3, -0.25) is 9.59 Å². The lowest BCUT2D eigenvalue weighted by Crippen LogP contribution is -2.53. The van der Waals surface area contributed by atoms with E-state index in [1.54, 1.807) is 0 Å². The zero-order valence-corrected chi connectivity index (χ0v) is 13.5. The van der Waals surface area contributed by atoms with Gasteiger partial charge in [-0.25, -0.2) is 0 Å². The van der Waals surface area contributed by atoms with E-state index in [0.29, 0.717) is 19.3 Å². The minimum Gasteiger partial charge on any atom is -0.481 e. The molecule has 1 rings (SSSR count). The Morgan fingerprint density at radius 2 is 1.81 bits per heavy atom. The lowest BCUT2D eigenvalue weighted by Gasteiger charge is -2.33. The van der Waals surface area contributed by atoms with Gasteiger partial charge < -0.3 is 15.2 Å². The smallest absolute Gasteiger partial charge is 0.305 e. The number of aliphatic carboxylic acids is 1. The molecule has 21 heavy (non-hydrogen) atoms. The number of carbonyl (C=O) groups is 2. The molecular formula is C16H29NO4. The third-order valence-corrected chi connectivity index (χ3v) is 4.55. The minimum absolute atomic E-state index is 0.0500. The van der Waals surface area contributed by atoms with Gasteiger partial charge in [0.15, 0.2) is 0 Å². The molecule has 0 aromatic heterocycles. The van der Waals surface area contributed by atoms with Crippen molar-refractivity contribution in [1.29, 1.82) is 0 Å². The van der Waals surface area contributed by atoms with Gasteiger partial charge in [0.05, 0.1) is 18.1 Å². The van der Waals surface area contributed by atoms with Crippen LogP contribution in [0.25, 0.3) is 0 Å². The first-order chi connectivity index (χ1) is 9.96. The molecule has 5 nitrogen and oxygen atoms in total. The van der Waals surface area contributed by atoms with Crippen LogP contribution in [0.15, 0.2) is 0 Å². The highest BCUT2D eigenvalue weighted by atomic mass is 16.5. The Kier molecular flexibility index (Phi) is 7.15. The molecule has 2 N–H and O–H groups in total. The third-order valence-electron chi connectivity index (χ3n) is 4.55. The summed E-state index contributed by atoms with van der Waals surface area (Å²) in [6.45, 7) is 5.74. The predicted molar refractivity (Wildman–Crippen MR) is 81.1 cm³/mol. The van der Waals surface area contributed by atoms with Gasteiger partial charge >= 0.3 is 5.97 Å². The maximum absolute atomic E-state index is 12.4. The first-order valence-corrected chi connectivity index (χ1v) is 8.15. The van der Waals surface area contributed by atoms with Crippen molar-refractivity contribution < 1.29 is 19.4 Å². The molecule has 1 atom stereocenters. The van der Waals surface area contributed by atoms with Crippen LogP contribution in [0.1, 0.15) is 72.1 Å². The SMILES string of the molecule is CCC(OC1CCCC1)C(=O)NC(CC)(CC)CC(=O)O. The molecule has 1 amide bonds. The number of amides is 1. The predicted octanol–water partition coefficient (Wildman–Crippen LogP) is 2.87. The van der Waals surface area contributed by atoms with E-state index in [1.807, 2.05) is 20.8 Å². The second-order valence-electron chi connectivity index (χ2n) is 5.99. The number of carboxylic acids is 1. The maximum Gasteiger partial charge on any atom is 0.305 e. The number of rotatable bonds is 9. The fraction of sp³-hybridized carbons (Fsp3) is 0.875. The molecule has 0 bridgehead atoms. The van der Waals surface area contributed by atoms with Crippen LogP contribution in [0, 0.1) is 0 Å². The Labute approximate surface area is 127 Å². The highest BCUT2D eigenvalue weighted by Gasteiger charge is 2.34. The molecule has 1 aliphatic carbocycles. The summed E-state index contributed by atoms with van der Waals surface area (Å²) in [5.41, 5.74) is -0.671. The first kappa shape index (κ1) is 18.0. The summed E-state index contributed by atoms with van der Waals surface area (Å²) < 4.78 is 5.90. The van der Waals surface area contributed by atoms with Crippen molar-refractivity contribution in [3.63, 3.8) is 0 Å². The van der Waals surface area contributed by atoms with E-state index < -0.39 is 17.6 Å². The van der Waals surface area contributed by atoms with Gasteiger partial charge in [0.1, 0.15) is 6.10 Å². The van der Waals surface area contributed by atoms with Gasteiger partial charge in [0, 0.05) is 0 Å². The summed E-state index contributed by atoms with van der Waals surface area (Å²) in [5, 5.41) is 12.0. The average molecular weight is 299 g/mol. The molecular weight excluding hydrogens is 270 g/mol. The number of hydrogen-bond acceptors (Lipinski definition) is 3. The Balaban J connectivity index is 2.66. The van der Waals surface area contributed by atoms with Crippen molar-refractivity contribution >= 4 is 11.9 Å². The van der Waals surface area contributed by atoms with E-state index >= 15 is 0 Å². The standard InChI is InChI=1S/C16H29NO4/c1-4-13(21-12-9-7-8-10-12)15(20)17-16(5-2,6-3)11-14(18)19/h12-13H,4-11H2,1-3H3,(H,17,20)(H,18,19). The lowest BCUT2D eigenvalue weighted by molar-refractivity contribution is -0.142. The summed E-state index contributed by atoms with van der Waals surface area (Å²) in [6.07, 6.45) is 5.83. The summed E-state index contributed by atoms with van der Waals surface area (Å²) in [4.78, 5) is 23.5. The Hall–Kier alpha value is -1.10. The molecule has 1 unspecified atom stereocenters.